The third-order valence-electron chi connectivity index (χ3n) is 4.98. The van der Waals surface area contributed by atoms with Crippen LogP contribution in [0.4, 0.5) is 0 Å². The molecule has 2 aromatic heterocycles. The Morgan fingerprint density at radius 3 is 2.96 bits per heavy atom. The molecule has 2 aromatic rings. The van der Waals surface area contributed by atoms with Crippen molar-refractivity contribution >= 4 is 23.2 Å². The van der Waals surface area contributed by atoms with Crippen LogP contribution in [0.25, 0.3) is 0 Å². The minimum atomic E-state index is -0.106. The van der Waals surface area contributed by atoms with Gasteiger partial charge in [0.2, 0.25) is 5.91 Å². The molecule has 6 heteroatoms. The molecule has 2 bridgehead atoms. The van der Waals surface area contributed by atoms with Gasteiger partial charge in [-0.15, -0.1) is 0 Å². The Kier molecular flexibility index (Phi) is 4.06. The minimum Gasteiger partial charge on any atom is -0.347 e. The summed E-state index contributed by atoms with van der Waals surface area (Å²) in [6.45, 7) is 0.826. The number of thiophene rings is 1. The number of likely N-dealkylation sites (tertiary alicyclic amines) is 1. The van der Waals surface area contributed by atoms with Crippen molar-refractivity contribution in [3.8, 4) is 0 Å². The number of aromatic nitrogens is 1. The second-order valence-electron chi connectivity index (χ2n) is 6.58. The fraction of sp³-hybridized carbons (Fsp3) is 0.389. The SMILES string of the molecule is O=C(NC1CC2CC1N(C(=O)Cc1ccsc1)C2)c1cccnc1. The number of piperidine rings is 1. The van der Waals surface area contributed by atoms with Crippen molar-refractivity contribution in [2.24, 2.45) is 5.92 Å². The molecule has 1 saturated heterocycles. The fourth-order valence-corrected chi connectivity index (χ4v) is 4.55. The maximum absolute atomic E-state index is 12.6. The molecule has 3 unspecified atom stereocenters. The average Bonchev–Trinajstić information content (AvgIpc) is 3.32. The van der Waals surface area contributed by atoms with Crippen molar-refractivity contribution in [2.45, 2.75) is 31.3 Å². The van der Waals surface area contributed by atoms with Crippen LogP contribution in [0.5, 0.6) is 0 Å². The topological polar surface area (TPSA) is 62.3 Å². The number of hydrogen-bond donors (Lipinski definition) is 1. The van der Waals surface area contributed by atoms with E-state index in [1.807, 2.05) is 21.7 Å². The van der Waals surface area contributed by atoms with Gasteiger partial charge in [-0.25, -0.2) is 0 Å². The molecule has 3 atom stereocenters. The first-order valence-corrected chi connectivity index (χ1v) is 9.16. The highest BCUT2D eigenvalue weighted by Crippen LogP contribution is 2.38. The van der Waals surface area contributed by atoms with E-state index in [2.05, 4.69) is 10.3 Å². The van der Waals surface area contributed by atoms with Gasteiger partial charge in [0.25, 0.3) is 5.91 Å². The monoisotopic (exact) mass is 341 g/mol. The zero-order valence-electron chi connectivity index (χ0n) is 13.2. The fourth-order valence-electron chi connectivity index (χ4n) is 3.89. The zero-order chi connectivity index (χ0) is 16.5. The van der Waals surface area contributed by atoms with Crippen LogP contribution in [0.3, 0.4) is 0 Å². The maximum atomic E-state index is 12.6. The van der Waals surface area contributed by atoms with Crippen molar-refractivity contribution in [3.05, 3.63) is 52.5 Å². The molecule has 1 aliphatic heterocycles. The lowest BCUT2D eigenvalue weighted by Crippen LogP contribution is -2.52. The number of rotatable bonds is 4. The second kappa shape index (κ2) is 6.36. The average molecular weight is 341 g/mol. The van der Waals surface area contributed by atoms with Crippen LogP contribution >= 0.6 is 11.3 Å². The first-order valence-electron chi connectivity index (χ1n) is 8.22. The van der Waals surface area contributed by atoms with Crippen LogP contribution in [0.2, 0.25) is 0 Å². The molecule has 2 fully saturated rings. The molecule has 1 aliphatic carbocycles. The van der Waals surface area contributed by atoms with E-state index in [0.717, 1.165) is 24.9 Å². The molecule has 2 aliphatic rings. The van der Waals surface area contributed by atoms with Crippen LogP contribution < -0.4 is 5.32 Å². The lowest BCUT2D eigenvalue weighted by atomic mass is 10.0. The Hall–Kier alpha value is -2.21. The van der Waals surface area contributed by atoms with E-state index >= 15 is 0 Å². The normalized spacial score (nSPS) is 25.0. The van der Waals surface area contributed by atoms with Crippen LogP contribution in [-0.4, -0.2) is 40.3 Å². The van der Waals surface area contributed by atoms with E-state index in [-0.39, 0.29) is 23.9 Å². The van der Waals surface area contributed by atoms with E-state index in [9.17, 15) is 9.59 Å². The molecule has 2 amide bonds. The zero-order valence-corrected chi connectivity index (χ0v) is 14.0. The summed E-state index contributed by atoms with van der Waals surface area (Å²) in [5.74, 6) is 0.563. The molecule has 124 valence electrons. The molecule has 5 nitrogen and oxygen atoms in total. The van der Waals surface area contributed by atoms with Crippen molar-refractivity contribution in [2.75, 3.05) is 6.54 Å². The van der Waals surface area contributed by atoms with Gasteiger partial charge in [0, 0.05) is 25.0 Å². The van der Waals surface area contributed by atoms with Crippen LogP contribution in [-0.2, 0) is 11.2 Å². The van der Waals surface area contributed by atoms with Gasteiger partial charge in [-0.1, -0.05) is 0 Å². The highest BCUT2D eigenvalue weighted by atomic mass is 32.1. The van der Waals surface area contributed by atoms with E-state index in [1.54, 1.807) is 35.9 Å². The third-order valence-corrected chi connectivity index (χ3v) is 5.71. The number of carbonyl (C=O) groups is 2. The summed E-state index contributed by atoms with van der Waals surface area (Å²) in [5, 5.41) is 7.12. The predicted molar refractivity (Wildman–Crippen MR) is 91.7 cm³/mol. The van der Waals surface area contributed by atoms with Crippen molar-refractivity contribution in [1.82, 2.24) is 15.2 Å². The molecule has 0 radical (unpaired) electrons. The molecule has 3 heterocycles. The molecule has 1 N–H and O–H groups in total. The van der Waals surface area contributed by atoms with E-state index in [0.29, 0.717) is 17.9 Å². The molecular weight excluding hydrogens is 322 g/mol. The van der Waals surface area contributed by atoms with Crippen LogP contribution in [0.15, 0.2) is 41.4 Å². The second-order valence-corrected chi connectivity index (χ2v) is 7.36. The Morgan fingerprint density at radius 1 is 1.33 bits per heavy atom. The number of nitrogens with zero attached hydrogens (tertiary/aromatic N) is 2. The molecule has 0 aromatic carbocycles. The quantitative estimate of drug-likeness (QED) is 0.926. The van der Waals surface area contributed by atoms with Gasteiger partial charge in [-0.05, 0) is 53.3 Å². The third kappa shape index (κ3) is 2.94. The Balaban J connectivity index is 1.41. The number of carbonyl (C=O) groups excluding carboxylic acids is 2. The number of amides is 2. The van der Waals surface area contributed by atoms with Crippen LogP contribution in [0.1, 0.15) is 28.8 Å². The number of fused-ring (bicyclic) bond motifs is 2. The Morgan fingerprint density at radius 2 is 2.25 bits per heavy atom. The summed E-state index contributed by atoms with van der Waals surface area (Å²) in [5.41, 5.74) is 1.64. The molecular formula is C18H19N3O2S. The van der Waals surface area contributed by atoms with Gasteiger partial charge >= 0.3 is 0 Å². The van der Waals surface area contributed by atoms with Gasteiger partial charge in [0.1, 0.15) is 0 Å². The van der Waals surface area contributed by atoms with Gasteiger partial charge < -0.3 is 10.2 Å². The van der Waals surface area contributed by atoms with E-state index < -0.39 is 0 Å². The lowest BCUT2D eigenvalue weighted by molar-refractivity contribution is -0.132. The highest BCUT2D eigenvalue weighted by Gasteiger charge is 2.47. The minimum absolute atomic E-state index is 0.0443. The first kappa shape index (κ1) is 15.3. The first-order chi connectivity index (χ1) is 11.7. The summed E-state index contributed by atoms with van der Waals surface area (Å²) >= 11 is 1.61. The van der Waals surface area contributed by atoms with E-state index in [4.69, 9.17) is 0 Å². The molecule has 24 heavy (non-hydrogen) atoms. The Bertz CT molecular complexity index is 732. The van der Waals surface area contributed by atoms with Crippen molar-refractivity contribution in [1.29, 1.82) is 0 Å². The van der Waals surface area contributed by atoms with Gasteiger partial charge in [0.15, 0.2) is 0 Å². The maximum Gasteiger partial charge on any atom is 0.253 e. The van der Waals surface area contributed by atoms with E-state index in [1.165, 1.54) is 0 Å². The molecule has 4 rings (SSSR count). The summed E-state index contributed by atoms with van der Waals surface area (Å²) in [6, 6.07) is 5.68. The Labute approximate surface area is 144 Å². The molecule has 0 spiro atoms. The number of nitrogens with one attached hydrogen (secondary N) is 1. The predicted octanol–water partition coefficient (Wildman–Crippen LogP) is 2.10. The summed E-state index contributed by atoms with van der Waals surface area (Å²) in [6.07, 6.45) is 5.63. The van der Waals surface area contributed by atoms with Gasteiger partial charge in [0.05, 0.1) is 18.0 Å². The highest BCUT2D eigenvalue weighted by molar-refractivity contribution is 7.08. The van der Waals surface area contributed by atoms with Crippen molar-refractivity contribution in [3.63, 3.8) is 0 Å². The summed E-state index contributed by atoms with van der Waals surface area (Å²) in [7, 11) is 0. The smallest absolute Gasteiger partial charge is 0.253 e. The summed E-state index contributed by atoms with van der Waals surface area (Å²) in [4.78, 5) is 30.9. The largest absolute Gasteiger partial charge is 0.347 e. The standard InChI is InChI=1S/C18H19N3O2S/c22-17(8-12-3-5-24-11-12)21-10-13-6-15(16(21)7-13)20-18(23)14-2-1-4-19-9-14/h1-5,9,11,13,15-16H,6-8,10H2,(H,20,23). The lowest BCUT2D eigenvalue weighted by Gasteiger charge is -2.33. The van der Waals surface area contributed by atoms with Crippen molar-refractivity contribution < 1.29 is 9.59 Å². The number of hydrogen-bond acceptors (Lipinski definition) is 4. The van der Waals surface area contributed by atoms with Gasteiger partial charge in [-0.3, -0.25) is 14.6 Å². The van der Waals surface area contributed by atoms with Gasteiger partial charge in [-0.2, -0.15) is 11.3 Å². The number of pyridine rings is 1. The summed E-state index contributed by atoms with van der Waals surface area (Å²) < 4.78 is 0. The van der Waals surface area contributed by atoms with Crippen LogP contribution in [0, 0.1) is 5.92 Å². The molecule has 1 saturated carbocycles.